The maximum Gasteiger partial charge on any atom is 0.273 e. The van der Waals surface area contributed by atoms with Crippen LogP contribution in [0.1, 0.15) is 0 Å². The molecule has 0 saturated carbocycles. The summed E-state index contributed by atoms with van der Waals surface area (Å²) < 4.78 is 0. The third-order valence-corrected chi connectivity index (χ3v) is 1.95. The van der Waals surface area contributed by atoms with Gasteiger partial charge in [-0.3, -0.25) is 15.0 Å². The Labute approximate surface area is 74.1 Å². The molecule has 2 rings (SSSR count). The first kappa shape index (κ1) is 7.49. The van der Waals surface area contributed by atoms with Gasteiger partial charge in [-0.15, -0.1) is 0 Å². The van der Waals surface area contributed by atoms with Crippen molar-refractivity contribution in [2.24, 2.45) is 0 Å². The zero-order chi connectivity index (χ0) is 8.72. The molecule has 0 bridgehead atoms. The maximum atomic E-state index is 11.1. The lowest BCUT2D eigenvalue weighted by Crippen LogP contribution is -2.03. The van der Waals surface area contributed by atoms with Gasteiger partial charge < -0.3 is 0 Å². The first-order chi connectivity index (χ1) is 5.68. The fourth-order valence-corrected chi connectivity index (χ4v) is 1.46. The Balaban J connectivity index is 3.03. The van der Waals surface area contributed by atoms with Crippen LogP contribution in [0.4, 0.5) is 0 Å². The standard InChI is InChI=1S/C7H4BClN2O/c8-3-1-4(9)6-5(2-3)10-11-7(6)12/h1-2H,(H2,10,11,12). The Morgan fingerprint density at radius 2 is 2.08 bits per heavy atom. The molecule has 0 saturated heterocycles. The fraction of sp³-hybridized carbons (Fsp3) is 0. The number of aromatic amines is 2. The Morgan fingerprint density at radius 1 is 1.33 bits per heavy atom. The first-order valence-electron chi connectivity index (χ1n) is 3.34. The minimum atomic E-state index is -0.227. The van der Waals surface area contributed by atoms with Gasteiger partial charge in [-0.1, -0.05) is 17.1 Å². The second-order valence-corrected chi connectivity index (χ2v) is 2.91. The molecule has 1 aromatic heterocycles. The summed E-state index contributed by atoms with van der Waals surface area (Å²) >= 11 is 5.79. The summed E-state index contributed by atoms with van der Waals surface area (Å²) in [5.74, 6) is 0. The third kappa shape index (κ3) is 0.957. The van der Waals surface area contributed by atoms with E-state index in [1.807, 2.05) is 0 Å². The number of rotatable bonds is 0. The molecule has 3 nitrogen and oxygen atoms in total. The van der Waals surface area contributed by atoms with Gasteiger partial charge in [-0.05, 0) is 12.1 Å². The van der Waals surface area contributed by atoms with Gasteiger partial charge in [-0.2, -0.15) is 0 Å². The topological polar surface area (TPSA) is 48.6 Å². The van der Waals surface area contributed by atoms with Gasteiger partial charge in [0.1, 0.15) is 7.85 Å². The second kappa shape index (κ2) is 2.42. The van der Waals surface area contributed by atoms with Crippen molar-refractivity contribution < 1.29 is 0 Å². The monoisotopic (exact) mass is 178 g/mol. The molecule has 0 unspecified atom stereocenters. The molecule has 0 aliphatic carbocycles. The highest BCUT2D eigenvalue weighted by atomic mass is 35.5. The highest BCUT2D eigenvalue weighted by Crippen LogP contribution is 2.15. The predicted octanol–water partition coefficient (Wildman–Crippen LogP) is 0.303. The van der Waals surface area contributed by atoms with Crippen molar-refractivity contribution in [1.82, 2.24) is 10.2 Å². The van der Waals surface area contributed by atoms with Crippen LogP contribution in [0.2, 0.25) is 5.02 Å². The van der Waals surface area contributed by atoms with Gasteiger partial charge in [0.25, 0.3) is 5.56 Å². The molecule has 12 heavy (non-hydrogen) atoms. The second-order valence-electron chi connectivity index (χ2n) is 2.50. The SMILES string of the molecule is [B]c1cc(Cl)c2c(=O)[nH][nH]c2c1. The summed E-state index contributed by atoms with van der Waals surface area (Å²) in [6, 6.07) is 3.20. The smallest absolute Gasteiger partial charge is 0.273 e. The molecule has 2 radical (unpaired) electrons. The van der Waals surface area contributed by atoms with E-state index in [9.17, 15) is 4.79 Å². The zero-order valence-electron chi connectivity index (χ0n) is 6.02. The summed E-state index contributed by atoms with van der Waals surface area (Å²) in [6.45, 7) is 0. The van der Waals surface area contributed by atoms with Crippen molar-refractivity contribution >= 4 is 35.8 Å². The minimum absolute atomic E-state index is 0.227. The lowest BCUT2D eigenvalue weighted by atomic mass is 9.95. The molecule has 0 spiro atoms. The van der Waals surface area contributed by atoms with Crippen LogP contribution in [0.3, 0.4) is 0 Å². The Bertz CT molecular complexity index is 488. The molecule has 0 fully saturated rings. The zero-order valence-corrected chi connectivity index (χ0v) is 6.77. The summed E-state index contributed by atoms with van der Waals surface area (Å²) in [7, 11) is 5.51. The summed E-state index contributed by atoms with van der Waals surface area (Å²) in [5, 5.41) is 5.91. The number of nitrogens with one attached hydrogen (secondary N) is 2. The number of aromatic nitrogens is 2. The molecule has 0 aliphatic rings. The van der Waals surface area contributed by atoms with Gasteiger partial charge in [0.05, 0.1) is 15.9 Å². The molecule has 58 valence electrons. The van der Waals surface area contributed by atoms with E-state index < -0.39 is 0 Å². The van der Waals surface area contributed by atoms with E-state index in [1.54, 1.807) is 12.1 Å². The van der Waals surface area contributed by atoms with Crippen molar-refractivity contribution in [3.63, 3.8) is 0 Å². The van der Waals surface area contributed by atoms with Crippen molar-refractivity contribution in [2.75, 3.05) is 0 Å². The van der Waals surface area contributed by atoms with Crippen molar-refractivity contribution in [2.45, 2.75) is 0 Å². The molecular formula is C7H4BClN2O. The minimum Gasteiger partial charge on any atom is -0.297 e. The lowest BCUT2D eigenvalue weighted by Gasteiger charge is -1.94. The lowest BCUT2D eigenvalue weighted by molar-refractivity contribution is 1.08. The van der Waals surface area contributed by atoms with E-state index in [-0.39, 0.29) is 5.56 Å². The number of hydrogen-bond donors (Lipinski definition) is 2. The third-order valence-electron chi connectivity index (χ3n) is 1.65. The molecule has 0 aliphatic heterocycles. The molecule has 1 heterocycles. The van der Waals surface area contributed by atoms with Crippen LogP contribution in [-0.4, -0.2) is 18.0 Å². The van der Waals surface area contributed by atoms with E-state index in [4.69, 9.17) is 19.4 Å². The van der Waals surface area contributed by atoms with E-state index in [0.29, 0.717) is 21.4 Å². The highest BCUT2D eigenvalue weighted by Gasteiger charge is 2.04. The normalized spacial score (nSPS) is 10.8. The molecule has 0 atom stereocenters. The molecule has 5 heteroatoms. The Morgan fingerprint density at radius 3 is 2.83 bits per heavy atom. The van der Waals surface area contributed by atoms with E-state index in [0.717, 1.165) is 0 Å². The highest BCUT2D eigenvalue weighted by molar-refractivity contribution is 6.39. The average molecular weight is 178 g/mol. The van der Waals surface area contributed by atoms with Crippen molar-refractivity contribution in [3.05, 3.63) is 27.5 Å². The van der Waals surface area contributed by atoms with Crippen LogP contribution >= 0.6 is 11.6 Å². The predicted molar refractivity (Wildman–Crippen MR) is 49.3 cm³/mol. The van der Waals surface area contributed by atoms with Crippen LogP contribution in [0.15, 0.2) is 16.9 Å². The average Bonchev–Trinajstić information content (AvgIpc) is 2.31. The molecule has 2 N–H and O–H groups in total. The van der Waals surface area contributed by atoms with E-state index in [1.165, 1.54) is 0 Å². The number of hydrogen-bond acceptors (Lipinski definition) is 1. The van der Waals surface area contributed by atoms with Crippen LogP contribution in [0.5, 0.6) is 0 Å². The largest absolute Gasteiger partial charge is 0.297 e. The number of halogens is 1. The van der Waals surface area contributed by atoms with Gasteiger partial charge in [-0.25, -0.2) is 0 Å². The van der Waals surface area contributed by atoms with Gasteiger partial charge in [0.15, 0.2) is 0 Å². The molecule has 1 aromatic carbocycles. The number of H-pyrrole nitrogens is 2. The van der Waals surface area contributed by atoms with Crippen LogP contribution in [0, 0.1) is 0 Å². The maximum absolute atomic E-state index is 11.1. The Hall–Kier alpha value is -1.16. The molecule has 2 aromatic rings. The fourth-order valence-electron chi connectivity index (χ4n) is 1.14. The Kier molecular flexibility index (Phi) is 1.51. The van der Waals surface area contributed by atoms with Crippen LogP contribution in [-0.2, 0) is 0 Å². The summed E-state index contributed by atoms with van der Waals surface area (Å²) in [6.07, 6.45) is 0. The molecule has 0 amide bonds. The van der Waals surface area contributed by atoms with Crippen molar-refractivity contribution in [3.8, 4) is 0 Å². The number of fused-ring (bicyclic) bond motifs is 1. The summed E-state index contributed by atoms with van der Waals surface area (Å²) in [5.41, 5.74) is 0.933. The van der Waals surface area contributed by atoms with E-state index >= 15 is 0 Å². The van der Waals surface area contributed by atoms with Crippen LogP contribution < -0.4 is 11.0 Å². The quantitative estimate of drug-likeness (QED) is 0.560. The molecular weight excluding hydrogens is 174 g/mol. The van der Waals surface area contributed by atoms with Crippen LogP contribution in [0.25, 0.3) is 10.9 Å². The van der Waals surface area contributed by atoms with Gasteiger partial charge >= 0.3 is 0 Å². The van der Waals surface area contributed by atoms with E-state index in [2.05, 4.69) is 10.2 Å². The number of benzene rings is 1. The summed E-state index contributed by atoms with van der Waals surface area (Å²) in [4.78, 5) is 11.1. The van der Waals surface area contributed by atoms with Gasteiger partial charge in [0.2, 0.25) is 0 Å². The van der Waals surface area contributed by atoms with Crippen molar-refractivity contribution in [1.29, 1.82) is 0 Å². The van der Waals surface area contributed by atoms with Gasteiger partial charge in [0, 0.05) is 0 Å². The first-order valence-corrected chi connectivity index (χ1v) is 3.71.